The van der Waals surface area contributed by atoms with Crippen LogP contribution in [-0.2, 0) is 4.79 Å². The zero-order valence-electron chi connectivity index (χ0n) is 18.1. The number of amides is 1. The highest BCUT2D eigenvalue weighted by Gasteiger charge is 2.36. The summed E-state index contributed by atoms with van der Waals surface area (Å²) in [5.41, 5.74) is 1.57. The van der Waals surface area contributed by atoms with E-state index < -0.39 is 0 Å². The molecule has 0 aliphatic carbocycles. The molecule has 1 amide bonds. The number of rotatable bonds is 5. The maximum absolute atomic E-state index is 12.8. The van der Waals surface area contributed by atoms with Crippen LogP contribution in [0.15, 0.2) is 25.0 Å². The van der Waals surface area contributed by atoms with Crippen molar-refractivity contribution in [3.05, 3.63) is 30.6 Å². The molecule has 2 aromatic heterocycles. The lowest BCUT2D eigenvalue weighted by atomic mass is 9.89. The number of aromatic amines is 1. The van der Waals surface area contributed by atoms with E-state index >= 15 is 0 Å². The normalized spacial score (nSPS) is 16.9. The van der Waals surface area contributed by atoms with Gasteiger partial charge >= 0.3 is 0 Å². The Bertz CT molecular complexity index is 938. The maximum atomic E-state index is 12.8. The van der Waals surface area contributed by atoms with Crippen molar-refractivity contribution in [2.45, 2.75) is 53.0 Å². The number of aromatic nitrogens is 3. The molecule has 0 atom stereocenters. The van der Waals surface area contributed by atoms with Crippen LogP contribution in [0.5, 0.6) is 0 Å². The molecule has 0 unspecified atom stereocenters. The molecule has 0 saturated carbocycles. The van der Waals surface area contributed by atoms with Gasteiger partial charge in [-0.25, -0.2) is 9.97 Å². The molecule has 0 bridgehead atoms. The minimum atomic E-state index is -0.357. The molecule has 3 rings (SSSR count). The first-order valence-electron chi connectivity index (χ1n) is 10.1. The first-order valence-corrected chi connectivity index (χ1v) is 10.1. The van der Waals surface area contributed by atoms with Crippen LogP contribution in [0, 0.1) is 5.41 Å². The van der Waals surface area contributed by atoms with Gasteiger partial charge in [-0.1, -0.05) is 27.4 Å². The van der Waals surface area contributed by atoms with E-state index in [2.05, 4.69) is 42.2 Å². The van der Waals surface area contributed by atoms with Crippen LogP contribution in [0.25, 0.3) is 11.2 Å². The average Bonchev–Trinajstić information content (AvgIpc) is 3.07. The quantitative estimate of drug-likeness (QED) is 0.616. The molecule has 0 spiro atoms. The average molecular weight is 398 g/mol. The van der Waals surface area contributed by atoms with Crippen molar-refractivity contribution in [2.24, 2.45) is 5.41 Å². The van der Waals surface area contributed by atoms with E-state index in [1.54, 1.807) is 12.4 Å². The second-order valence-corrected chi connectivity index (χ2v) is 9.54. The summed E-state index contributed by atoms with van der Waals surface area (Å²) in [7, 11) is 0. The maximum Gasteiger partial charge on any atom is 0.246 e. The minimum absolute atomic E-state index is 0.0615. The number of nitrogens with one attached hydrogen (secondary N) is 1. The SMILES string of the molecule is C=CC(=O)N1CCN(c2cnc3[nH]cc(C(=O)CCC(C)(C)C)c3n2)CC1(C)C. The third-order valence-electron chi connectivity index (χ3n) is 5.44. The fourth-order valence-corrected chi connectivity index (χ4v) is 3.74. The molecule has 1 aliphatic heterocycles. The molecule has 1 aliphatic rings. The van der Waals surface area contributed by atoms with Crippen LogP contribution in [0.2, 0.25) is 0 Å². The number of fused-ring (bicyclic) bond motifs is 1. The number of hydrogen-bond donors (Lipinski definition) is 1. The molecule has 3 heterocycles. The summed E-state index contributed by atoms with van der Waals surface area (Å²) in [4.78, 5) is 41.2. The zero-order chi connectivity index (χ0) is 21.4. The third-order valence-corrected chi connectivity index (χ3v) is 5.44. The lowest BCUT2D eigenvalue weighted by Gasteiger charge is -2.47. The van der Waals surface area contributed by atoms with Gasteiger partial charge in [0.2, 0.25) is 5.91 Å². The molecule has 1 N–H and O–H groups in total. The Morgan fingerprint density at radius 3 is 2.66 bits per heavy atom. The van der Waals surface area contributed by atoms with E-state index in [1.165, 1.54) is 6.08 Å². The Hall–Kier alpha value is -2.70. The second-order valence-electron chi connectivity index (χ2n) is 9.54. The van der Waals surface area contributed by atoms with E-state index in [-0.39, 0.29) is 22.6 Å². The van der Waals surface area contributed by atoms with Gasteiger partial charge in [-0.15, -0.1) is 0 Å². The molecule has 1 fully saturated rings. The van der Waals surface area contributed by atoms with Crippen molar-refractivity contribution in [3.63, 3.8) is 0 Å². The number of H-pyrrole nitrogens is 1. The van der Waals surface area contributed by atoms with Crippen molar-refractivity contribution >= 4 is 28.7 Å². The van der Waals surface area contributed by atoms with Gasteiger partial charge in [-0.05, 0) is 31.8 Å². The van der Waals surface area contributed by atoms with Crippen LogP contribution in [0.4, 0.5) is 5.82 Å². The van der Waals surface area contributed by atoms with Gasteiger partial charge in [0.15, 0.2) is 11.4 Å². The molecule has 156 valence electrons. The van der Waals surface area contributed by atoms with Gasteiger partial charge in [0, 0.05) is 32.3 Å². The topological polar surface area (TPSA) is 82.2 Å². The van der Waals surface area contributed by atoms with E-state index in [0.717, 1.165) is 12.2 Å². The van der Waals surface area contributed by atoms with E-state index in [0.29, 0.717) is 42.8 Å². The number of piperazine rings is 1. The van der Waals surface area contributed by atoms with Crippen LogP contribution in [-0.4, -0.2) is 56.7 Å². The molecular formula is C22H31N5O2. The van der Waals surface area contributed by atoms with E-state index in [1.807, 2.05) is 18.7 Å². The van der Waals surface area contributed by atoms with Gasteiger partial charge in [0.05, 0.1) is 17.3 Å². The Balaban J connectivity index is 1.84. The first kappa shape index (κ1) is 21.0. The highest BCUT2D eigenvalue weighted by molar-refractivity contribution is 6.05. The standard InChI is InChI=1S/C22H31N5O2/c1-7-18(29)27-11-10-26(14-22(27,5)6)17-13-24-20-19(25-17)15(12-23-20)16(28)8-9-21(2,3)4/h7,12-13H,1,8-11,14H2,2-6H3,(H,23,24). The number of anilines is 1. The fraction of sp³-hybridized carbons (Fsp3) is 0.545. The summed E-state index contributed by atoms with van der Waals surface area (Å²) in [6, 6.07) is 0. The van der Waals surface area contributed by atoms with Crippen LogP contribution in [0.1, 0.15) is 57.8 Å². The molecule has 0 radical (unpaired) electrons. The minimum Gasteiger partial charge on any atom is -0.351 e. The monoisotopic (exact) mass is 397 g/mol. The van der Waals surface area contributed by atoms with Crippen molar-refractivity contribution in [3.8, 4) is 0 Å². The third kappa shape index (κ3) is 4.49. The van der Waals surface area contributed by atoms with Crippen molar-refractivity contribution in [1.29, 1.82) is 0 Å². The van der Waals surface area contributed by atoms with Crippen LogP contribution >= 0.6 is 0 Å². The summed E-state index contributed by atoms with van der Waals surface area (Å²) in [6.07, 6.45) is 6.10. The lowest BCUT2D eigenvalue weighted by Crippen LogP contribution is -2.61. The van der Waals surface area contributed by atoms with Crippen LogP contribution in [0.3, 0.4) is 0 Å². The Kier molecular flexibility index (Phi) is 5.52. The first-order chi connectivity index (χ1) is 13.5. The van der Waals surface area contributed by atoms with Crippen molar-refractivity contribution < 1.29 is 9.59 Å². The smallest absolute Gasteiger partial charge is 0.246 e. The fourth-order valence-electron chi connectivity index (χ4n) is 3.74. The highest BCUT2D eigenvalue weighted by Crippen LogP contribution is 2.27. The highest BCUT2D eigenvalue weighted by atomic mass is 16.2. The number of hydrogen-bond acceptors (Lipinski definition) is 5. The predicted octanol–water partition coefficient (Wildman–Crippen LogP) is 3.58. The van der Waals surface area contributed by atoms with Crippen molar-refractivity contribution in [2.75, 3.05) is 24.5 Å². The summed E-state index contributed by atoms with van der Waals surface area (Å²) in [5.74, 6) is 0.744. The zero-order valence-corrected chi connectivity index (χ0v) is 18.1. The predicted molar refractivity (Wildman–Crippen MR) is 115 cm³/mol. The summed E-state index contributed by atoms with van der Waals surface area (Å²) >= 11 is 0. The van der Waals surface area contributed by atoms with Gasteiger partial charge in [-0.3, -0.25) is 9.59 Å². The van der Waals surface area contributed by atoms with E-state index in [9.17, 15) is 9.59 Å². The molecule has 7 heteroatoms. The summed E-state index contributed by atoms with van der Waals surface area (Å²) in [5, 5.41) is 0. The van der Waals surface area contributed by atoms with Gasteiger partial charge in [-0.2, -0.15) is 0 Å². The Morgan fingerprint density at radius 1 is 1.31 bits per heavy atom. The van der Waals surface area contributed by atoms with E-state index in [4.69, 9.17) is 4.98 Å². The largest absolute Gasteiger partial charge is 0.351 e. The number of carbonyl (C=O) groups is 2. The molecule has 2 aromatic rings. The Morgan fingerprint density at radius 2 is 2.03 bits per heavy atom. The van der Waals surface area contributed by atoms with Crippen LogP contribution < -0.4 is 4.90 Å². The summed E-state index contributed by atoms with van der Waals surface area (Å²) in [6.45, 7) is 15.9. The molecular weight excluding hydrogens is 366 g/mol. The number of nitrogens with zero attached hydrogens (tertiary/aromatic N) is 4. The van der Waals surface area contributed by atoms with Gasteiger partial charge in [0.25, 0.3) is 0 Å². The van der Waals surface area contributed by atoms with Gasteiger partial charge < -0.3 is 14.8 Å². The molecule has 1 saturated heterocycles. The number of ketones is 1. The molecule has 29 heavy (non-hydrogen) atoms. The molecule has 7 nitrogen and oxygen atoms in total. The molecule has 0 aromatic carbocycles. The summed E-state index contributed by atoms with van der Waals surface area (Å²) < 4.78 is 0. The number of carbonyl (C=O) groups excluding carboxylic acids is 2. The lowest BCUT2D eigenvalue weighted by molar-refractivity contribution is -0.131. The Labute approximate surface area is 172 Å². The van der Waals surface area contributed by atoms with Gasteiger partial charge in [0.1, 0.15) is 11.3 Å². The second kappa shape index (κ2) is 7.61. The number of Topliss-reactive ketones (excluding diaryl/α,β-unsaturated/α-hetero) is 1. The van der Waals surface area contributed by atoms with Crippen molar-refractivity contribution in [1.82, 2.24) is 19.9 Å².